The van der Waals surface area contributed by atoms with Crippen LogP contribution in [0.5, 0.6) is 5.75 Å². The summed E-state index contributed by atoms with van der Waals surface area (Å²) in [5.74, 6) is 3.65. The molecule has 19 heavy (non-hydrogen) atoms. The molecule has 0 aliphatic heterocycles. The molecule has 1 aromatic heterocycles. The topological polar surface area (TPSA) is 34.4 Å². The smallest absolute Gasteiger partial charge is 0.142 e. The van der Waals surface area contributed by atoms with Crippen molar-refractivity contribution in [2.45, 2.75) is 12.3 Å². The lowest BCUT2D eigenvalue weighted by molar-refractivity contribution is 0.416. The molecule has 0 radical (unpaired) electrons. The lowest BCUT2D eigenvalue weighted by atomic mass is 10.3. The molecule has 0 saturated heterocycles. The number of hydrogen-bond donors (Lipinski definition) is 1. The fraction of sp³-hybridized carbons (Fsp3) is 0.286. The van der Waals surface area contributed by atoms with Crippen LogP contribution in [0.15, 0.2) is 39.2 Å². The van der Waals surface area contributed by atoms with Crippen molar-refractivity contribution < 1.29 is 9.15 Å². The van der Waals surface area contributed by atoms with Gasteiger partial charge in [-0.25, -0.2) is 0 Å². The first-order chi connectivity index (χ1) is 9.22. The van der Waals surface area contributed by atoms with Gasteiger partial charge in [-0.05, 0) is 36.6 Å². The van der Waals surface area contributed by atoms with Gasteiger partial charge in [0.25, 0.3) is 0 Å². The molecule has 3 nitrogen and oxygen atoms in total. The van der Waals surface area contributed by atoms with Crippen LogP contribution in [0.25, 0.3) is 0 Å². The molecule has 0 atom stereocenters. The van der Waals surface area contributed by atoms with Gasteiger partial charge in [-0.15, -0.1) is 0 Å². The molecule has 0 aliphatic carbocycles. The van der Waals surface area contributed by atoms with Crippen molar-refractivity contribution in [1.29, 1.82) is 0 Å². The Morgan fingerprint density at radius 3 is 2.79 bits per heavy atom. The lowest BCUT2D eigenvalue weighted by Crippen LogP contribution is -2.00. The summed E-state index contributed by atoms with van der Waals surface area (Å²) in [6.07, 6.45) is 2.06. The Bertz CT molecular complexity index is 542. The van der Waals surface area contributed by atoms with Crippen LogP contribution in [-0.4, -0.2) is 13.4 Å². The highest BCUT2D eigenvalue weighted by atomic mass is 79.9. The summed E-state index contributed by atoms with van der Waals surface area (Å²) < 4.78 is 12.0. The van der Waals surface area contributed by atoms with Crippen molar-refractivity contribution in [3.05, 3.63) is 46.3 Å². The Labute approximate surface area is 125 Å². The molecule has 1 aromatic carbocycles. The number of hydrogen-bond acceptors (Lipinski definition) is 4. The monoisotopic (exact) mass is 341 g/mol. The van der Waals surface area contributed by atoms with Gasteiger partial charge in [-0.1, -0.05) is 15.9 Å². The predicted molar refractivity (Wildman–Crippen MR) is 83.9 cm³/mol. The van der Waals surface area contributed by atoms with Gasteiger partial charge in [0.2, 0.25) is 0 Å². The van der Waals surface area contributed by atoms with Crippen LogP contribution < -0.4 is 10.1 Å². The molecule has 2 aromatic rings. The van der Waals surface area contributed by atoms with E-state index in [4.69, 9.17) is 9.15 Å². The largest absolute Gasteiger partial charge is 0.495 e. The first-order valence-electron chi connectivity index (χ1n) is 5.87. The summed E-state index contributed by atoms with van der Waals surface area (Å²) in [6.45, 7) is 0.640. The molecule has 0 aliphatic rings. The number of thioether (sulfide) groups is 1. The fourth-order valence-corrected chi connectivity index (χ4v) is 2.54. The van der Waals surface area contributed by atoms with E-state index >= 15 is 0 Å². The van der Waals surface area contributed by atoms with E-state index in [9.17, 15) is 0 Å². The molecule has 1 heterocycles. The van der Waals surface area contributed by atoms with Gasteiger partial charge in [-0.3, -0.25) is 0 Å². The van der Waals surface area contributed by atoms with E-state index < -0.39 is 0 Å². The van der Waals surface area contributed by atoms with Gasteiger partial charge in [0.05, 0.1) is 25.1 Å². The number of anilines is 1. The van der Waals surface area contributed by atoms with Gasteiger partial charge < -0.3 is 14.5 Å². The third-order valence-corrected chi connectivity index (χ3v) is 3.68. The van der Waals surface area contributed by atoms with E-state index in [-0.39, 0.29) is 0 Å². The summed E-state index contributed by atoms with van der Waals surface area (Å²) >= 11 is 5.20. The standard InChI is InChI=1S/C14H16BrNO2S/c1-17-14-6-3-10(15)7-13(14)16-8-11-4-5-12(18-11)9-19-2/h3-7,16H,8-9H2,1-2H3. The van der Waals surface area contributed by atoms with Crippen LogP contribution in [0.3, 0.4) is 0 Å². The summed E-state index contributed by atoms with van der Waals surface area (Å²) in [5, 5.41) is 3.32. The van der Waals surface area contributed by atoms with E-state index in [0.29, 0.717) is 6.54 Å². The Balaban J connectivity index is 2.03. The van der Waals surface area contributed by atoms with E-state index in [0.717, 1.165) is 33.2 Å². The van der Waals surface area contributed by atoms with Crippen LogP contribution in [-0.2, 0) is 12.3 Å². The molecule has 1 N–H and O–H groups in total. The number of methoxy groups -OCH3 is 1. The summed E-state index contributed by atoms with van der Waals surface area (Å²) in [6, 6.07) is 9.89. The molecule has 0 saturated carbocycles. The van der Waals surface area contributed by atoms with E-state index in [1.807, 2.05) is 30.3 Å². The number of nitrogens with one attached hydrogen (secondary N) is 1. The normalized spacial score (nSPS) is 10.5. The molecule has 0 spiro atoms. The Hall–Kier alpha value is -1.07. The van der Waals surface area contributed by atoms with Gasteiger partial charge in [0, 0.05) is 4.47 Å². The Morgan fingerprint density at radius 2 is 2.05 bits per heavy atom. The molecule has 5 heteroatoms. The first kappa shape index (κ1) is 14.3. The summed E-state index contributed by atoms with van der Waals surface area (Å²) in [4.78, 5) is 0. The van der Waals surface area contributed by atoms with E-state index in [2.05, 4.69) is 27.5 Å². The minimum atomic E-state index is 0.640. The Kier molecular flexibility index (Phi) is 5.22. The summed E-state index contributed by atoms with van der Waals surface area (Å²) in [5.41, 5.74) is 0.944. The molecule has 0 unspecified atom stereocenters. The van der Waals surface area contributed by atoms with Crippen molar-refractivity contribution in [3.8, 4) is 5.75 Å². The lowest BCUT2D eigenvalue weighted by Gasteiger charge is -2.10. The highest BCUT2D eigenvalue weighted by Gasteiger charge is 2.05. The van der Waals surface area contributed by atoms with Crippen molar-refractivity contribution in [1.82, 2.24) is 0 Å². The van der Waals surface area contributed by atoms with Crippen LogP contribution >= 0.6 is 27.7 Å². The van der Waals surface area contributed by atoms with Crippen molar-refractivity contribution in [3.63, 3.8) is 0 Å². The third kappa shape index (κ3) is 3.94. The fourth-order valence-electron chi connectivity index (χ4n) is 1.74. The predicted octanol–water partition coefficient (Wildman–Crippen LogP) is 4.53. The third-order valence-electron chi connectivity index (χ3n) is 2.62. The van der Waals surface area contributed by atoms with Gasteiger partial charge in [0.1, 0.15) is 17.3 Å². The van der Waals surface area contributed by atoms with Crippen LogP contribution in [0.4, 0.5) is 5.69 Å². The number of halogens is 1. The Morgan fingerprint density at radius 1 is 1.26 bits per heavy atom. The van der Waals surface area contributed by atoms with Crippen LogP contribution in [0, 0.1) is 0 Å². The molecular formula is C14H16BrNO2S. The molecule has 0 fully saturated rings. The minimum absolute atomic E-state index is 0.640. The zero-order valence-corrected chi connectivity index (χ0v) is 13.3. The van der Waals surface area contributed by atoms with Crippen molar-refractivity contribution in [2.75, 3.05) is 18.7 Å². The quantitative estimate of drug-likeness (QED) is 0.837. The second-order valence-electron chi connectivity index (χ2n) is 4.00. The molecular weight excluding hydrogens is 326 g/mol. The zero-order chi connectivity index (χ0) is 13.7. The minimum Gasteiger partial charge on any atom is -0.495 e. The second kappa shape index (κ2) is 6.91. The average molecular weight is 342 g/mol. The number of ether oxygens (including phenoxy) is 1. The number of benzene rings is 1. The molecule has 2 rings (SSSR count). The summed E-state index contributed by atoms with van der Waals surface area (Å²) in [7, 11) is 1.66. The highest BCUT2D eigenvalue weighted by molar-refractivity contribution is 9.10. The maximum atomic E-state index is 5.71. The number of rotatable bonds is 6. The van der Waals surface area contributed by atoms with E-state index in [1.165, 1.54) is 0 Å². The second-order valence-corrected chi connectivity index (χ2v) is 5.78. The average Bonchev–Trinajstić information content (AvgIpc) is 2.85. The maximum Gasteiger partial charge on any atom is 0.142 e. The van der Waals surface area contributed by atoms with Crippen molar-refractivity contribution in [2.24, 2.45) is 0 Å². The van der Waals surface area contributed by atoms with Gasteiger partial charge >= 0.3 is 0 Å². The highest BCUT2D eigenvalue weighted by Crippen LogP contribution is 2.28. The molecule has 0 bridgehead atoms. The SMILES string of the molecule is COc1ccc(Br)cc1NCc1ccc(CSC)o1. The van der Waals surface area contributed by atoms with E-state index in [1.54, 1.807) is 18.9 Å². The first-order valence-corrected chi connectivity index (χ1v) is 8.05. The maximum absolute atomic E-state index is 5.71. The van der Waals surface area contributed by atoms with Gasteiger partial charge in [-0.2, -0.15) is 11.8 Å². The van der Waals surface area contributed by atoms with Crippen LogP contribution in [0.1, 0.15) is 11.5 Å². The van der Waals surface area contributed by atoms with Gasteiger partial charge in [0.15, 0.2) is 0 Å². The van der Waals surface area contributed by atoms with Crippen molar-refractivity contribution >= 4 is 33.4 Å². The zero-order valence-electron chi connectivity index (χ0n) is 10.9. The molecule has 102 valence electrons. The van der Waals surface area contributed by atoms with Crippen LogP contribution in [0.2, 0.25) is 0 Å². The number of furan rings is 1. The molecule has 0 amide bonds.